The molecule has 0 fully saturated rings. The molecule has 0 spiro atoms. The maximum Gasteiger partial charge on any atom is 0.165 e. The quantitative estimate of drug-likeness (QED) is 0.0619. The largest absolute Gasteiger partial charge is 0.381 e. The summed E-state index contributed by atoms with van der Waals surface area (Å²) in [5.74, 6) is -0.388. The summed E-state index contributed by atoms with van der Waals surface area (Å²) >= 11 is 0. The molecule has 0 aliphatic rings. The van der Waals surface area contributed by atoms with Gasteiger partial charge in [0, 0.05) is 32.1 Å². The molecule has 0 unspecified atom stereocenters. The second-order valence-electron chi connectivity index (χ2n) is 20.0. The SMILES string of the molecule is CCCCCCCCCCCCCCCCCC(=O)CC(O)(CC(=O)CCCCCCCCCCCCCCCCC)C(=O)CCCCCCCCCCCCCCCCC. The molecule has 0 saturated heterocycles. The number of hydrogen-bond acceptors (Lipinski definition) is 4. The Hall–Kier alpha value is -1.03. The van der Waals surface area contributed by atoms with Crippen molar-refractivity contribution in [2.45, 2.75) is 347 Å². The van der Waals surface area contributed by atoms with E-state index in [4.69, 9.17) is 0 Å². The molecule has 0 rings (SSSR count). The third-order valence-corrected chi connectivity index (χ3v) is 13.6. The van der Waals surface area contributed by atoms with Crippen LogP contribution in [0, 0.1) is 0 Å². The van der Waals surface area contributed by atoms with E-state index < -0.39 is 5.60 Å². The van der Waals surface area contributed by atoms with Gasteiger partial charge in [-0.3, -0.25) is 14.4 Å². The van der Waals surface area contributed by atoms with Crippen molar-refractivity contribution in [3.05, 3.63) is 0 Å². The van der Waals surface area contributed by atoms with E-state index in [1.807, 2.05) is 0 Å². The molecule has 362 valence electrons. The van der Waals surface area contributed by atoms with Gasteiger partial charge in [0.15, 0.2) is 5.78 Å². The lowest BCUT2D eigenvalue weighted by Crippen LogP contribution is -2.42. The molecular weight excluding hydrogens is 749 g/mol. The molecule has 0 bridgehead atoms. The third-order valence-electron chi connectivity index (χ3n) is 13.6. The minimum absolute atomic E-state index is 0.0539. The Bertz CT molecular complexity index is 878. The van der Waals surface area contributed by atoms with Crippen LogP contribution in [0.25, 0.3) is 0 Å². The van der Waals surface area contributed by atoms with Crippen LogP contribution in [0.3, 0.4) is 0 Å². The molecule has 0 saturated carbocycles. The van der Waals surface area contributed by atoms with Crippen LogP contribution >= 0.6 is 0 Å². The minimum Gasteiger partial charge on any atom is -0.381 e. The Labute approximate surface area is 382 Å². The van der Waals surface area contributed by atoms with Crippen LogP contribution in [0.5, 0.6) is 0 Å². The summed E-state index contributed by atoms with van der Waals surface area (Å²) in [7, 11) is 0. The molecule has 0 aliphatic heterocycles. The summed E-state index contributed by atoms with van der Waals surface area (Å²) in [6, 6.07) is 0. The maximum atomic E-state index is 13.5. The molecule has 1 N–H and O–H groups in total. The van der Waals surface area contributed by atoms with E-state index in [1.165, 1.54) is 231 Å². The zero-order valence-electron chi connectivity index (χ0n) is 42.0. The van der Waals surface area contributed by atoms with Gasteiger partial charge < -0.3 is 5.11 Å². The first-order chi connectivity index (χ1) is 29.9. The molecule has 0 aromatic rings. The lowest BCUT2D eigenvalue weighted by Gasteiger charge is -2.26. The van der Waals surface area contributed by atoms with Crippen molar-refractivity contribution in [1.82, 2.24) is 0 Å². The molecule has 0 aliphatic carbocycles. The first-order valence-electron chi connectivity index (χ1n) is 28.2. The van der Waals surface area contributed by atoms with Gasteiger partial charge in [0.05, 0.1) is 0 Å². The van der Waals surface area contributed by atoms with E-state index in [1.54, 1.807) is 0 Å². The van der Waals surface area contributed by atoms with Gasteiger partial charge in [-0.2, -0.15) is 0 Å². The lowest BCUT2D eigenvalue weighted by molar-refractivity contribution is -0.147. The summed E-state index contributed by atoms with van der Waals surface area (Å²) in [6.07, 6.45) is 58.0. The molecular formula is C57H110O4. The number of unbranched alkanes of at least 4 members (excludes halogenated alkanes) is 42. The Balaban J connectivity index is 4.46. The van der Waals surface area contributed by atoms with Crippen LogP contribution in [0.15, 0.2) is 0 Å². The molecule has 4 nitrogen and oxygen atoms in total. The highest BCUT2D eigenvalue weighted by Gasteiger charge is 2.38. The summed E-state index contributed by atoms with van der Waals surface area (Å²) in [6.45, 7) is 6.83. The summed E-state index contributed by atoms with van der Waals surface area (Å²) in [4.78, 5) is 39.9. The maximum absolute atomic E-state index is 13.5. The Morgan fingerprint density at radius 2 is 0.426 bits per heavy atom. The van der Waals surface area contributed by atoms with Crippen molar-refractivity contribution in [3.8, 4) is 0 Å². The van der Waals surface area contributed by atoms with Crippen LogP contribution in [0.1, 0.15) is 342 Å². The Kier molecular flexibility index (Phi) is 47.6. The highest BCUT2D eigenvalue weighted by Crippen LogP contribution is 2.25. The average Bonchev–Trinajstić information content (AvgIpc) is 3.24. The van der Waals surface area contributed by atoms with E-state index in [0.717, 1.165) is 57.8 Å². The van der Waals surface area contributed by atoms with Gasteiger partial charge in [-0.15, -0.1) is 0 Å². The minimum atomic E-state index is -1.82. The van der Waals surface area contributed by atoms with Crippen LogP contribution in [0.4, 0.5) is 0 Å². The van der Waals surface area contributed by atoms with E-state index in [9.17, 15) is 19.5 Å². The average molecular weight is 860 g/mol. The number of aliphatic hydroxyl groups is 1. The molecule has 0 amide bonds. The lowest BCUT2D eigenvalue weighted by atomic mass is 9.83. The van der Waals surface area contributed by atoms with Gasteiger partial charge in [0.25, 0.3) is 0 Å². The van der Waals surface area contributed by atoms with Gasteiger partial charge in [-0.05, 0) is 19.3 Å². The van der Waals surface area contributed by atoms with Crippen LogP contribution in [-0.4, -0.2) is 28.1 Å². The van der Waals surface area contributed by atoms with Gasteiger partial charge in [0.1, 0.15) is 17.2 Å². The zero-order chi connectivity index (χ0) is 44.6. The highest BCUT2D eigenvalue weighted by molar-refractivity contribution is 5.97. The molecule has 4 heteroatoms. The van der Waals surface area contributed by atoms with Gasteiger partial charge in [0.2, 0.25) is 0 Å². The molecule has 0 radical (unpaired) electrons. The van der Waals surface area contributed by atoms with Crippen molar-refractivity contribution in [2.24, 2.45) is 0 Å². The van der Waals surface area contributed by atoms with Crippen molar-refractivity contribution in [2.75, 3.05) is 0 Å². The predicted molar refractivity (Wildman–Crippen MR) is 268 cm³/mol. The predicted octanol–water partition coefficient (Wildman–Crippen LogP) is 19.0. The number of ketones is 3. The summed E-state index contributed by atoms with van der Waals surface area (Å²) < 4.78 is 0. The molecule has 0 heterocycles. The Morgan fingerprint density at radius 3 is 0.623 bits per heavy atom. The zero-order valence-corrected chi connectivity index (χ0v) is 42.0. The van der Waals surface area contributed by atoms with Crippen molar-refractivity contribution < 1.29 is 19.5 Å². The van der Waals surface area contributed by atoms with Crippen LogP contribution in [0.2, 0.25) is 0 Å². The number of Topliss-reactive ketones (excluding diaryl/α,β-unsaturated/α-hetero) is 3. The number of carbonyl (C=O) groups excluding carboxylic acids is 3. The van der Waals surface area contributed by atoms with Crippen molar-refractivity contribution in [3.63, 3.8) is 0 Å². The van der Waals surface area contributed by atoms with Gasteiger partial charge in [-0.1, -0.05) is 290 Å². The summed E-state index contributed by atoms with van der Waals surface area (Å²) in [5.41, 5.74) is -1.82. The van der Waals surface area contributed by atoms with Gasteiger partial charge in [-0.25, -0.2) is 0 Å². The highest BCUT2D eigenvalue weighted by atomic mass is 16.3. The molecule has 0 aromatic heterocycles. The second kappa shape index (κ2) is 48.4. The smallest absolute Gasteiger partial charge is 0.165 e. The molecule has 61 heavy (non-hydrogen) atoms. The van der Waals surface area contributed by atoms with Crippen molar-refractivity contribution in [1.29, 1.82) is 0 Å². The van der Waals surface area contributed by atoms with E-state index in [2.05, 4.69) is 20.8 Å². The monoisotopic (exact) mass is 859 g/mol. The normalized spacial score (nSPS) is 11.8. The van der Waals surface area contributed by atoms with E-state index in [-0.39, 0.29) is 36.6 Å². The fourth-order valence-corrected chi connectivity index (χ4v) is 9.37. The van der Waals surface area contributed by atoms with Crippen molar-refractivity contribution >= 4 is 17.3 Å². The van der Waals surface area contributed by atoms with Crippen LogP contribution in [-0.2, 0) is 14.4 Å². The number of rotatable bonds is 53. The fourth-order valence-electron chi connectivity index (χ4n) is 9.37. The van der Waals surface area contributed by atoms with Gasteiger partial charge >= 0.3 is 0 Å². The number of carbonyl (C=O) groups is 3. The standard InChI is InChI=1S/C57H110O4/c1-4-7-10-13-16-19-22-25-28-31-34-37-40-43-46-49-54(58)52-57(61,56(60)51-48-45-42-39-36-33-30-27-24-21-18-15-12-9-6-3)53-55(59)50-47-44-41-38-35-32-29-26-23-20-17-14-11-8-5-2/h61H,4-53H2,1-3H3. The summed E-state index contributed by atoms with van der Waals surface area (Å²) in [5, 5.41) is 11.7. The molecule has 0 atom stereocenters. The third kappa shape index (κ3) is 44.0. The second-order valence-corrected chi connectivity index (χ2v) is 20.0. The fraction of sp³-hybridized carbons (Fsp3) is 0.947. The first kappa shape index (κ1) is 60.0. The van der Waals surface area contributed by atoms with E-state index >= 15 is 0 Å². The molecule has 0 aromatic carbocycles. The first-order valence-corrected chi connectivity index (χ1v) is 28.2. The topological polar surface area (TPSA) is 71.4 Å². The van der Waals surface area contributed by atoms with Crippen LogP contribution < -0.4 is 0 Å². The van der Waals surface area contributed by atoms with E-state index in [0.29, 0.717) is 12.8 Å². The Morgan fingerprint density at radius 1 is 0.262 bits per heavy atom. The number of hydrogen-bond donors (Lipinski definition) is 1.